The van der Waals surface area contributed by atoms with Crippen LogP contribution in [0.2, 0.25) is 0 Å². The van der Waals surface area contributed by atoms with E-state index < -0.39 is 0 Å². The Balaban J connectivity index is 1.58. The lowest BCUT2D eigenvalue weighted by molar-refractivity contribution is 0.759. The number of hydrogen-bond acceptors (Lipinski definition) is 4. The Morgan fingerprint density at radius 1 is 0.647 bits per heavy atom. The number of para-hydroxylation sites is 4. The summed E-state index contributed by atoms with van der Waals surface area (Å²) in [7, 11) is 0. The highest BCUT2D eigenvalue weighted by Crippen LogP contribution is 2.56. The predicted molar refractivity (Wildman–Crippen MR) is 145 cm³/mol. The van der Waals surface area contributed by atoms with Gasteiger partial charge in [0, 0.05) is 17.1 Å². The lowest BCUT2D eigenvalue weighted by Crippen LogP contribution is -2.49. The SMILES string of the molecule is Cc1ccccc1N1c2cccc3c2N(c2c(ccc(C)c2C)B2Nc4ccccc4N23)[C@@H]1C. The smallest absolute Gasteiger partial charge is 0.403 e. The first-order chi connectivity index (χ1) is 16.6. The number of anilines is 7. The summed E-state index contributed by atoms with van der Waals surface area (Å²) in [5.74, 6) is 0. The third-order valence-electron chi connectivity index (χ3n) is 7.86. The van der Waals surface area contributed by atoms with Crippen molar-refractivity contribution in [1.29, 1.82) is 0 Å². The third kappa shape index (κ3) is 2.39. The Kier molecular flexibility index (Phi) is 3.94. The molecule has 0 radical (unpaired) electrons. The molecule has 0 saturated carbocycles. The van der Waals surface area contributed by atoms with Crippen molar-refractivity contribution in [2.24, 2.45) is 0 Å². The van der Waals surface area contributed by atoms with Crippen LogP contribution < -0.4 is 25.3 Å². The normalized spacial score (nSPS) is 17.1. The van der Waals surface area contributed by atoms with Crippen LogP contribution in [-0.4, -0.2) is 13.1 Å². The average molecular weight is 442 g/mol. The van der Waals surface area contributed by atoms with E-state index in [1.54, 1.807) is 0 Å². The van der Waals surface area contributed by atoms with Gasteiger partial charge in [-0.1, -0.05) is 48.5 Å². The highest BCUT2D eigenvalue weighted by Gasteiger charge is 2.48. The van der Waals surface area contributed by atoms with E-state index >= 15 is 0 Å². The van der Waals surface area contributed by atoms with Crippen LogP contribution >= 0.6 is 0 Å². The van der Waals surface area contributed by atoms with Gasteiger partial charge >= 0.3 is 6.98 Å². The Bertz CT molecular complexity index is 1480. The molecule has 0 bridgehead atoms. The van der Waals surface area contributed by atoms with Crippen LogP contribution in [0.1, 0.15) is 23.6 Å². The van der Waals surface area contributed by atoms with Crippen molar-refractivity contribution in [3.05, 3.63) is 95.6 Å². The van der Waals surface area contributed by atoms with Gasteiger partial charge in [-0.05, 0) is 80.2 Å². The summed E-state index contributed by atoms with van der Waals surface area (Å²) >= 11 is 0. The minimum atomic E-state index is 0.0583. The Labute approximate surface area is 201 Å². The van der Waals surface area contributed by atoms with Crippen molar-refractivity contribution in [2.75, 3.05) is 19.8 Å². The quantitative estimate of drug-likeness (QED) is 0.339. The number of nitrogens with one attached hydrogen (secondary N) is 1. The summed E-state index contributed by atoms with van der Waals surface area (Å²) < 4.78 is 0. The number of aryl methyl sites for hydroxylation is 2. The van der Waals surface area contributed by atoms with Gasteiger partial charge in [-0.3, -0.25) is 0 Å². The Morgan fingerprint density at radius 2 is 1.35 bits per heavy atom. The summed E-state index contributed by atoms with van der Waals surface area (Å²) in [6, 6.07) is 28.8. The molecule has 3 aliphatic rings. The third-order valence-corrected chi connectivity index (χ3v) is 7.86. The van der Waals surface area contributed by atoms with Crippen molar-refractivity contribution in [3.63, 3.8) is 0 Å². The van der Waals surface area contributed by atoms with Crippen molar-refractivity contribution in [2.45, 2.75) is 33.9 Å². The zero-order valence-corrected chi connectivity index (χ0v) is 20.0. The predicted octanol–water partition coefficient (Wildman–Crippen LogP) is 6.52. The van der Waals surface area contributed by atoms with Gasteiger partial charge in [0.2, 0.25) is 0 Å². The fourth-order valence-corrected chi connectivity index (χ4v) is 6.13. The Morgan fingerprint density at radius 3 is 2.18 bits per heavy atom. The highest BCUT2D eigenvalue weighted by molar-refractivity contribution is 6.84. The molecule has 5 heteroatoms. The molecule has 0 saturated heterocycles. The second kappa shape index (κ2) is 6.83. The van der Waals surface area contributed by atoms with Crippen LogP contribution in [0.3, 0.4) is 0 Å². The number of nitrogens with zero attached hydrogens (tertiary/aromatic N) is 3. The molecule has 0 amide bonds. The lowest BCUT2D eigenvalue weighted by Gasteiger charge is -2.33. The summed E-state index contributed by atoms with van der Waals surface area (Å²) in [6.07, 6.45) is 0.145. The maximum Gasteiger partial charge on any atom is 0.415 e. The lowest BCUT2D eigenvalue weighted by atomic mass is 9.65. The fraction of sp³-hybridized carbons (Fsp3) is 0.172. The molecule has 3 heterocycles. The van der Waals surface area contributed by atoms with Crippen molar-refractivity contribution >= 4 is 52.3 Å². The summed E-state index contributed by atoms with van der Waals surface area (Å²) in [5.41, 5.74) is 14.1. The minimum Gasteiger partial charge on any atom is -0.403 e. The summed E-state index contributed by atoms with van der Waals surface area (Å²) in [4.78, 5) is 7.59. The summed E-state index contributed by atoms with van der Waals surface area (Å²) in [6.45, 7) is 9.10. The molecule has 3 aliphatic heterocycles. The molecule has 1 N–H and O–H groups in total. The standard InChI is InChI=1S/C29H27BN4/c1-18-16-17-22-28(20(18)3)33-21(4)32(24-12-7-5-10-19(24)2)26-14-9-15-27(29(26)33)34-25-13-8-6-11-23(25)31-30(22)34/h5-17,21,31H,1-4H3/t21-/m1/s1. The van der Waals surface area contributed by atoms with Gasteiger partial charge in [0.15, 0.2) is 0 Å². The molecule has 1 atom stereocenters. The molecule has 34 heavy (non-hydrogen) atoms. The second-order valence-corrected chi connectivity index (χ2v) is 9.68. The number of fused-ring (bicyclic) bond motifs is 7. The summed E-state index contributed by atoms with van der Waals surface area (Å²) in [5, 5.41) is 3.84. The molecule has 0 aliphatic carbocycles. The largest absolute Gasteiger partial charge is 0.415 e. The second-order valence-electron chi connectivity index (χ2n) is 9.68. The first kappa shape index (κ1) is 19.6. The van der Waals surface area contributed by atoms with Gasteiger partial charge in [-0.2, -0.15) is 0 Å². The molecule has 4 aromatic rings. The van der Waals surface area contributed by atoms with Crippen LogP contribution in [0.15, 0.2) is 78.9 Å². The van der Waals surface area contributed by atoms with Gasteiger partial charge < -0.3 is 19.8 Å². The van der Waals surface area contributed by atoms with Gasteiger partial charge in [0.1, 0.15) is 6.17 Å². The average Bonchev–Trinajstić information content (AvgIpc) is 3.32. The van der Waals surface area contributed by atoms with Crippen LogP contribution in [0.5, 0.6) is 0 Å². The molecule has 0 spiro atoms. The molecule has 4 nitrogen and oxygen atoms in total. The van der Waals surface area contributed by atoms with E-state index in [0.29, 0.717) is 0 Å². The first-order valence-corrected chi connectivity index (χ1v) is 12.1. The molecule has 4 aromatic carbocycles. The van der Waals surface area contributed by atoms with Gasteiger partial charge in [0.05, 0.1) is 22.7 Å². The molecule has 0 fully saturated rings. The monoisotopic (exact) mass is 442 g/mol. The molecule has 7 rings (SSSR count). The van der Waals surface area contributed by atoms with Crippen LogP contribution in [0.4, 0.5) is 39.8 Å². The van der Waals surface area contributed by atoms with E-state index in [9.17, 15) is 0 Å². The molecule has 0 unspecified atom stereocenters. The van der Waals surface area contributed by atoms with Gasteiger partial charge in [0.25, 0.3) is 0 Å². The highest BCUT2D eigenvalue weighted by atomic mass is 15.4. The first-order valence-electron chi connectivity index (χ1n) is 12.1. The van der Waals surface area contributed by atoms with E-state index in [4.69, 9.17) is 0 Å². The van der Waals surface area contributed by atoms with Crippen molar-refractivity contribution < 1.29 is 0 Å². The van der Waals surface area contributed by atoms with Crippen molar-refractivity contribution in [3.8, 4) is 0 Å². The minimum absolute atomic E-state index is 0.0583. The maximum absolute atomic E-state index is 3.84. The zero-order chi connectivity index (χ0) is 23.1. The van der Waals surface area contributed by atoms with E-state index in [2.05, 4.69) is 126 Å². The van der Waals surface area contributed by atoms with E-state index in [-0.39, 0.29) is 13.1 Å². The van der Waals surface area contributed by atoms with E-state index in [1.165, 1.54) is 62.0 Å². The Hall–Kier alpha value is -3.86. The van der Waals surface area contributed by atoms with E-state index in [1.807, 2.05) is 0 Å². The fourth-order valence-electron chi connectivity index (χ4n) is 6.13. The zero-order valence-electron chi connectivity index (χ0n) is 20.0. The van der Waals surface area contributed by atoms with Gasteiger partial charge in [-0.15, -0.1) is 0 Å². The van der Waals surface area contributed by atoms with E-state index in [0.717, 1.165) is 0 Å². The molecule has 0 aromatic heterocycles. The van der Waals surface area contributed by atoms with Crippen molar-refractivity contribution in [1.82, 2.24) is 0 Å². The maximum atomic E-state index is 3.84. The number of rotatable bonds is 1. The van der Waals surface area contributed by atoms with Crippen LogP contribution in [-0.2, 0) is 0 Å². The number of benzene rings is 4. The molecule has 166 valence electrons. The van der Waals surface area contributed by atoms with Crippen LogP contribution in [0, 0.1) is 20.8 Å². The van der Waals surface area contributed by atoms with Crippen LogP contribution in [0.25, 0.3) is 0 Å². The van der Waals surface area contributed by atoms with Gasteiger partial charge in [-0.25, -0.2) is 0 Å². The topological polar surface area (TPSA) is 21.8 Å². The molecular weight excluding hydrogens is 415 g/mol. The number of hydrogen-bond donors (Lipinski definition) is 1. The molecular formula is C29H27BN4.